The van der Waals surface area contributed by atoms with Crippen LogP contribution in [-0.4, -0.2) is 34.7 Å². The van der Waals surface area contributed by atoms with Gasteiger partial charge in [0.25, 0.3) is 5.89 Å². The van der Waals surface area contributed by atoms with Crippen LogP contribution in [0.3, 0.4) is 0 Å². The molecule has 0 amide bonds. The molecular formula is C29H31N3O. The first-order valence-electron chi connectivity index (χ1n) is 12.1. The summed E-state index contributed by atoms with van der Waals surface area (Å²) in [5.41, 5.74) is 3.80. The van der Waals surface area contributed by atoms with E-state index in [-0.39, 0.29) is 0 Å². The van der Waals surface area contributed by atoms with E-state index in [0.717, 1.165) is 43.9 Å². The summed E-state index contributed by atoms with van der Waals surface area (Å²) in [5, 5.41) is 4.23. The number of nitrogens with zero attached hydrogens (tertiary/aromatic N) is 3. The van der Waals surface area contributed by atoms with Gasteiger partial charge in [-0.2, -0.15) is 4.98 Å². The van der Waals surface area contributed by atoms with Gasteiger partial charge in [-0.3, -0.25) is 0 Å². The highest BCUT2D eigenvalue weighted by Gasteiger charge is 2.23. The van der Waals surface area contributed by atoms with E-state index in [9.17, 15) is 0 Å². The fraction of sp³-hybridized carbons (Fsp3) is 0.310. The zero-order valence-corrected chi connectivity index (χ0v) is 19.0. The van der Waals surface area contributed by atoms with Gasteiger partial charge in [0.2, 0.25) is 0 Å². The molecule has 1 saturated heterocycles. The standard InChI is InChI=1S/C29H31N3O/c1-4-10-24(11-5-1)27(25-12-6-2-7-13-25)18-21-32-19-16-23(17-20-32)22-28-30-29(33-31-28)26-14-8-3-9-15-26/h1-15,23,27H,16-22H2. The number of hydrogen-bond acceptors (Lipinski definition) is 4. The Labute approximate surface area is 196 Å². The maximum atomic E-state index is 5.49. The van der Waals surface area contributed by atoms with Gasteiger partial charge in [0.05, 0.1) is 0 Å². The van der Waals surface area contributed by atoms with Crippen molar-refractivity contribution in [2.45, 2.75) is 31.6 Å². The quantitative estimate of drug-likeness (QED) is 0.328. The van der Waals surface area contributed by atoms with Crippen molar-refractivity contribution in [1.82, 2.24) is 15.0 Å². The fourth-order valence-corrected chi connectivity index (χ4v) is 4.92. The topological polar surface area (TPSA) is 42.2 Å². The summed E-state index contributed by atoms with van der Waals surface area (Å²) in [7, 11) is 0. The summed E-state index contributed by atoms with van der Waals surface area (Å²) in [6, 6.07) is 31.9. The van der Waals surface area contributed by atoms with Gasteiger partial charge in [0.1, 0.15) is 0 Å². The summed E-state index contributed by atoms with van der Waals surface area (Å²) >= 11 is 0. The number of aromatic nitrogens is 2. The molecule has 0 N–H and O–H groups in total. The van der Waals surface area contributed by atoms with Crippen LogP contribution >= 0.6 is 0 Å². The third-order valence-corrected chi connectivity index (χ3v) is 6.81. The van der Waals surface area contributed by atoms with Crippen LogP contribution in [0.2, 0.25) is 0 Å². The molecule has 4 aromatic rings. The summed E-state index contributed by atoms with van der Waals surface area (Å²) < 4.78 is 5.49. The number of likely N-dealkylation sites (tertiary alicyclic amines) is 1. The third kappa shape index (κ3) is 5.58. The molecule has 2 heterocycles. The molecule has 0 aliphatic carbocycles. The highest BCUT2D eigenvalue weighted by Crippen LogP contribution is 2.29. The van der Waals surface area contributed by atoms with Crippen molar-refractivity contribution in [1.29, 1.82) is 0 Å². The smallest absolute Gasteiger partial charge is 0.257 e. The van der Waals surface area contributed by atoms with Gasteiger partial charge in [-0.25, -0.2) is 0 Å². The summed E-state index contributed by atoms with van der Waals surface area (Å²) in [5.74, 6) is 2.53. The molecule has 168 valence electrons. The van der Waals surface area contributed by atoms with Crippen LogP contribution in [0, 0.1) is 5.92 Å². The molecule has 5 rings (SSSR count). The van der Waals surface area contributed by atoms with Gasteiger partial charge in [-0.15, -0.1) is 0 Å². The lowest BCUT2D eigenvalue weighted by Crippen LogP contribution is -2.35. The van der Waals surface area contributed by atoms with Crippen molar-refractivity contribution >= 4 is 0 Å². The summed E-state index contributed by atoms with van der Waals surface area (Å²) in [4.78, 5) is 7.25. The molecule has 4 heteroatoms. The van der Waals surface area contributed by atoms with E-state index in [2.05, 4.69) is 75.7 Å². The second-order valence-electron chi connectivity index (χ2n) is 9.03. The second kappa shape index (κ2) is 10.6. The molecule has 0 unspecified atom stereocenters. The Hall–Kier alpha value is -3.24. The molecule has 1 aliphatic heterocycles. The van der Waals surface area contributed by atoms with E-state index in [1.54, 1.807) is 0 Å². The largest absolute Gasteiger partial charge is 0.334 e. The normalized spacial score (nSPS) is 15.2. The van der Waals surface area contributed by atoms with Gasteiger partial charge >= 0.3 is 0 Å². The van der Waals surface area contributed by atoms with Crippen LogP contribution in [-0.2, 0) is 6.42 Å². The minimum atomic E-state index is 0.445. The second-order valence-corrected chi connectivity index (χ2v) is 9.03. The maximum absolute atomic E-state index is 5.49. The van der Waals surface area contributed by atoms with Crippen molar-refractivity contribution < 1.29 is 4.52 Å². The van der Waals surface area contributed by atoms with Crippen molar-refractivity contribution in [3.8, 4) is 11.5 Å². The lowest BCUT2D eigenvalue weighted by Gasteiger charge is -2.32. The predicted octanol–water partition coefficient (Wildman–Crippen LogP) is 6.21. The number of hydrogen-bond donors (Lipinski definition) is 0. The monoisotopic (exact) mass is 437 g/mol. The number of benzene rings is 3. The first-order valence-corrected chi connectivity index (χ1v) is 12.1. The Kier molecular flexibility index (Phi) is 6.93. The third-order valence-electron chi connectivity index (χ3n) is 6.81. The molecule has 0 atom stereocenters. The van der Waals surface area contributed by atoms with Crippen LogP contribution < -0.4 is 0 Å². The molecule has 3 aromatic carbocycles. The minimum absolute atomic E-state index is 0.445. The zero-order chi connectivity index (χ0) is 22.3. The highest BCUT2D eigenvalue weighted by atomic mass is 16.5. The first-order chi connectivity index (χ1) is 16.3. The molecule has 0 bridgehead atoms. The lowest BCUT2D eigenvalue weighted by atomic mass is 9.87. The average molecular weight is 438 g/mol. The van der Waals surface area contributed by atoms with Crippen LogP contribution in [0.5, 0.6) is 0 Å². The Morgan fingerprint density at radius 3 is 1.97 bits per heavy atom. The number of rotatable bonds is 8. The molecule has 4 nitrogen and oxygen atoms in total. The highest BCUT2D eigenvalue weighted by molar-refractivity contribution is 5.51. The number of piperidine rings is 1. The van der Waals surface area contributed by atoms with E-state index in [0.29, 0.717) is 17.7 Å². The van der Waals surface area contributed by atoms with Crippen molar-refractivity contribution in [2.75, 3.05) is 19.6 Å². The Balaban J connectivity index is 1.14. The zero-order valence-electron chi connectivity index (χ0n) is 19.0. The molecule has 0 radical (unpaired) electrons. The van der Waals surface area contributed by atoms with Crippen LogP contribution in [0.4, 0.5) is 0 Å². The minimum Gasteiger partial charge on any atom is -0.334 e. The van der Waals surface area contributed by atoms with E-state index in [1.165, 1.54) is 24.0 Å². The maximum Gasteiger partial charge on any atom is 0.257 e. The Morgan fingerprint density at radius 2 is 1.36 bits per heavy atom. The van der Waals surface area contributed by atoms with Crippen LogP contribution in [0.25, 0.3) is 11.5 Å². The van der Waals surface area contributed by atoms with Gasteiger partial charge in [0.15, 0.2) is 5.82 Å². The first kappa shape index (κ1) is 21.6. The van der Waals surface area contributed by atoms with Crippen molar-refractivity contribution in [2.24, 2.45) is 5.92 Å². The molecule has 1 aromatic heterocycles. The van der Waals surface area contributed by atoms with E-state index in [4.69, 9.17) is 4.52 Å². The van der Waals surface area contributed by atoms with Gasteiger partial charge < -0.3 is 9.42 Å². The average Bonchev–Trinajstić information content (AvgIpc) is 3.36. The van der Waals surface area contributed by atoms with Gasteiger partial charge in [-0.1, -0.05) is 84.0 Å². The van der Waals surface area contributed by atoms with Crippen molar-refractivity contribution in [3.05, 3.63) is 108 Å². The van der Waals surface area contributed by atoms with E-state index in [1.807, 2.05) is 30.3 Å². The molecular weight excluding hydrogens is 406 g/mol. The SMILES string of the molecule is c1ccc(-c2nc(CC3CCN(CCC(c4ccccc4)c4ccccc4)CC3)no2)cc1. The van der Waals surface area contributed by atoms with Crippen molar-refractivity contribution in [3.63, 3.8) is 0 Å². The summed E-state index contributed by atoms with van der Waals surface area (Å²) in [6.07, 6.45) is 4.43. The molecule has 1 fully saturated rings. The Morgan fingerprint density at radius 1 is 0.788 bits per heavy atom. The van der Waals surface area contributed by atoms with Gasteiger partial charge in [0, 0.05) is 17.9 Å². The van der Waals surface area contributed by atoms with Gasteiger partial charge in [-0.05, 0) is 68.1 Å². The lowest BCUT2D eigenvalue weighted by molar-refractivity contribution is 0.179. The molecule has 1 aliphatic rings. The van der Waals surface area contributed by atoms with Crippen LogP contribution in [0.15, 0.2) is 95.5 Å². The predicted molar refractivity (Wildman–Crippen MR) is 132 cm³/mol. The van der Waals surface area contributed by atoms with E-state index < -0.39 is 0 Å². The molecule has 0 saturated carbocycles. The summed E-state index contributed by atoms with van der Waals surface area (Å²) in [6.45, 7) is 3.41. The molecule has 0 spiro atoms. The Bertz CT molecular complexity index is 1060. The van der Waals surface area contributed by atoms with E-state index >= 15 is 0 Å². The molecule has 33 heavy (non-hydrogen) atoms. The fourth-order valence-electron chi connectivity index (χ4n) is 4.92. The van der Waals surface area contributed by atoms with Crippen LogP contribution in [0.1, 0.15) is 42.1 Å².